The Morgan fingerprint density at radius 3 is 2.76 bits per heavy atom. The van der Waals surface area contributed by atoms with E-state index < -0.39 is 0 Å². The Balaban J connectivity index is 2.52. The second-order valence-corrected chi connectivity index (χ2v) is 5.72. The van der Waals surface area contributed by atoms with Gasteiger partial charge in [0.25, 0.3) is 0 Å². The summed E-state index contributed by atoms with van der Waals surface area (Å²) in [6.07, 6.45) is 2.09. The van der Waals surface area contributed by atoms with Crippen molar-refractivity contribution in [3.63, 3.8) is 0 Å². The van der Waals surface area contributed by atoms with Crippen LogP contribution < -0.4 is 5.73 Å². The number of halogens is 1. The molecule has 1 unspecified atom stereocenters. The van der Waals surface area contributed by atoms with Crippen molar-refractivity contribution in [3.8, 4) is 0 Å². The van der Waals surface area contributed by atoms with Crippen molar-refractivity contribution in [3.05, 3.63) is 33.9 Å². The Bertz CT molecular complexity index is 541. The predicted octanol–water partition coefficient (Wildman–Crippen LogP) is 3.53. The van der Waals surface area contributed by atoms with Crippen molar-refractivity contribution in [2.24, 2.45) is 12.8 Å². The van der Waals surface area contributed by atoms with Gasteiger partial charge in [-0.1, -0.05) is 15.9 Å². The number of aromatic nitrogens is 1. The molecule has 0 saturated carbocycles. The molecule has 0 radical (unpaired) electrons. The highest BCUT2D eigenvalue weighted by atomic mass is 79.9. The zero-order chi connectivity index (χ0) is 12.6. The van der Waals surface area contributed by atoms with E-state index in [4.69, 9.17) is 5.73 Å². The number of hydrogen-bond donors (Lipinski definition) is 1. The lowest BCUT2D eigenvalue weighted by molar-refractivity contribution is 0.664. The maximum atomic E-state index is 5.86. The molecule has 0 spiro atoms. The van der Waals surface area contributed by atoms with Crippen LogP contribution in [0, 0.1) is 6.92 Å². The Labute approximate surface area is 111 Å². The number of hydrogen-bond acceptors (Lipinski definition) is 1. The van der Waals surface area contributed by atoms with Crippen LogP contribution in [-0.2, 0) is 13.5 Å². The molecule has 0 bridgehead atoms. The highest BCUT2D eigenvalue weighted by molar-refractivity contribution is 9.10. The maximum absolute atomic E-state index is 5.86. The first-order chi connectivity index (χ1) is 8.00. The number of benzene rings is 1. The topological polar surface area (TPSA) is 30.9 Å². The van der Waals surface area contributed by atoms with Gasteiger partial charge in [0.05, 0.1) is 0 Å². The maximum Gasteiger partial charge on any atom is 0.0483 e. The summed E-state index contributed by atoms with van der Waals surface area (Å²) in [5.41, 5.74) is 9.93. The van der Waals surface area contributed by atoms with Gasteiger partial charge in [-0.05, 0) is 50.5 Å². The Kier molecular flexibility index (Phi) is 3.59. The van der Waals surface area contributed by atoms with Gasteiger partial charge in [0.1, 0.15) is 0 Å². The number of aryl methyl sites for hydroxylation is 2. The van der Waals surface area contributed by atoms with Crippen molar-refractivity contribution < 1.29 is 0 Å². The molecule has 0 fully saturated rings. The average Bonchev–Trinajstić information content (AvgIpc) is 2.49. The van der Waals surface area contributed by atoms with Crippen molar-refractivity contribution in [1.29, 1.82) is 0 Å². The van der Waals surface area contributed by atoms with Gasteiger partial charge in [-0.2, -0.15) is 0 Å². The summed E-state index contributed by atoms with van der Waals surface area (Å²) in [4.78, 5) is 0. The standard InChI is InChI=1S/C14H19BrN2/c1-9(16)4-6-12-10(2)17(3)14-7-5-11(15)8-13(12)14/h5,7-9H,4,6,16H2,1-3H3. The number of rotatable bonds is 3. The fourth-order valence-electron chi connectivity index (χ4n) is 2.31. The molecule has 0 amide bonds. The van der Waals surface area contributed by atoms with E-state index in [-0.39, 0.29) is 6.04 Å². The van der Waals surface area contributed by atoms with Crippen LogP contribution in [0.5, 0.6) is 0 Å². The second-order valence-electron chi connectivity index (χ2n) is 4.80. The largest absolute Gasteiger partial charge is 0.348 e. The van der Waals surface area contributed by atoms with Gasteiger partial charge in [0.15, 0.2) is 0 Å². The van der Waals surface area contributed by atoms with Crippen LogP contribution in [0.3, 0.4) is 0 Å². The SMILES string of the molecule is Cc1c(CCC(C)N)c2cc(Br)ccc2n1C. The molecule has 0 aliphatic heterocycles. The molecule has 2 aromatic rings. The Morgan fingerprint density at radius 1 is 1.41 bits per heavy atom. The van der Waals surface area contributed by atoms with E-state index in [1.54, 1.807) is 0 Å². The summed E-state index contributed by atoms with van der Waals surface area (Å²) in [7, 11) is 2.13. The van der Waals surface area contributed by atoms with E-state index in [9.17, 15) is 0 Å². The van der Waals surface area contributed by atoms with Gasteiger partial charge in [0.2, 0.25) is 0 Å². The summed E-state index contributed by atoms with van der Waals surface area (Å²) < 4.78 is 3.40. The van der Waals surface area contributed by atoms with E-state index in [0.717, 1.165) is 17.3 Å². The van der Waals surface area contributed by atoms with Gasteiger partial charge >= 0.3 is 0 Å². The molecule has 2 rings (SSSR count). The molecular weight excluding hydrogens is 276 g/mol. The summed E-state index contributed by atoms with van der Waals surface area (Å²) in [5, 5.41) is 1.35. The van der Waals surface area contributed by atoms with Crippen molar-refractivity contribution in [2.75, 3.05) is 0 Å². The lowest BCUT2D eigenvalue weighted by atomic mass is 10.0. The minimum Gasteiger partial charge on any atom is -0.348 e. The van der Waals surface area contributed by atoms with Gasteiger partial charge in [-0.25, -0.2) is 0 Å². The molecule has 3 heteroatoms. The van der Waals surface area contributed by atoms with E-state index in [0.29, 0.717) is 0 Å². The predicted molar refractivity (Wildman–Crippen MR) is 77.3 cm³/mol. The zero-order valence-corrected chi connectivity index (χ0v) is 12.2. The van der Waals surface area contributed by atoms with Crippen molar-refractivity contribution >= 4 is 26.8 Å². The minimum absolute atomic E-state index is 0.261. The van der Waals surface area contributed by atoms with Crippen LogP contribution in [0.15, 0.2) is 22.7 Å². The van der Waals surface area contributed by atoms with Gasteiger partial charge in [-0.3, -0.25) is 0 Å². The third-order valence-electron chi connectivity index (χ3n) is 3.43. The van der Waals surface area contributed by atoms with E-state index in [2.05, 4.69) is 59.6 Å². The number of fused-ring (bicyclic) bond motifs is 1. The quantitative estimate of drug-likeness (QED) is 0.922. The van der Waals surface area contributed by atoms with Gasteiger partial charge < -0.3 is 10.3 Å². The van der Waals surface area contributed by atoms with Crippen LogP contribution in [-0.4, -0.2) is 10.6 Å². The molecule has 2 nitrogen and oxygen atoms in total. The van der Waals surface area contributed by atoms with Crippen LogP contribution in [0.1, 0.15) is 24.6 Å². The lowest BCUT2D eigenvalue weighted by Gasteiger charge is -2.05. The second kappa shape index (κ2) is 4.83. The van der Waals surface area contributed by atoms with Gasteiger partial charge in [-0.15, -0.1) is 0 Å². The molecular formula is C14H19BrN2. The molecule has 92 valence electrons. The molecule has 0 aliphatic rings. The first-order valence-electron chi connectivity index (χ1n) is 5.99. The third kappa shape index (κ3) is 2.40. The fourth-order valence-corrected chi connectivity index (χ4v) is 2.67. The monoisotopic (exact) mass is 294 g/mol. The number of nitrogens with two attached hydrogens (primary N) is 1. The average molecular weight is 295 g/mol. The zero-order valence-electron chi connectivity index (χ0n) is 10.6. The highest BCUT2D eigenvalue weighted by Crippen LogP contribution is 2.28. The smallest absolute Gasteiger partial charge is 0.0483 e. The van der Waals surface area contributed by atoms with Crippen LogP contribution in [0.4, 0.5) is 0 Å². The van der Waals surface area contributed by atoms with E-state index in [1.165, 1.54) is 22.2 Å². The van der Waals surface area contributed by atoms with Crippen LogP contribution in [0.25, 0.3) is 10.9 Å². The highest BCUT2D eigenvalue weighted by Gasteiger charge is 2.12. The summed E-state index contributed by atoms with van der Waals surface area (Å²) in [6, 6.07) is 6.73. The molecule has 1 aromatic heterocycles. The van der Waals surface area contributed by atoms with E-state index in [1.807, 2.05) is 0 Å². The summed E-state index contributed by atoms with van der Waals surface area (Å²) >= 11 is 3.55. The normalized spacial score (nSPS) is 13.2. The molecule has 1 atom stereocenters. The summed E-state index contributed by atoms with van der Waals surface area (Å²) in [6.45, 7) is 4.25. The fraction of sp³-hybridized carbons (Fsp3) is 0.429. The van der Waals surface area contributed by atoms with Gasteiger partial charge in [0, 0.05) is 34.2 Å². The number of nitrogens with zero attached hydrogens (tertiary/aromatic N) is 1. The van der Waals surface area contributed by atoms with Crippen LogP contribution in [0.2, 0.25) is 0 Å². The molecule has 1 heterocycles. The first kappa shape index (κ1) is 12.7. The van der Waals surface area contributed by atoms with Crippen LogP contribution >= 0.6 is 15.9 Å². The first-order valence-corrected chi connectivity index (χ1v) is 6.79. The molecule has 17 heavy (non-hydrogen) atoms. The Hall–Kier alpha value is -0.800. The molecule has 0 aliphatic carbocycles. The molecule has 0 saturated heterocycles. The summed E-state index contributed by atoms with van der Waals surface area (Å²) in [5.74, 6) is 0. The van der Waals surface area contributed by atoms with Crippen molar-refractivity contribution in [2.45, 2.75) is 32.7 Å². The van der Waals surface area contributed by atoms with E-state index >= 15 is 0 Å². The van der Waals surface area contributed by atoms with Crippen molar-refractivity contribution in [1.82, 2.24) is 4.57 Å². The molecule has 2 N–H and O–H groups in total. The molecule has 1 aromatic carbocycles. The Morgan fingerprint density at radius 2 is 2.12 bits per heavy atom. The minimum atomic E-state index is 0.261. The lowest BCUT2D eigenvalue weighted by Crippen LogP contribution is -2.15. The third-order valence-corrected chi connectivity index (χ3v) is 3.93.